The van der Waals surface area contributed by atoms with Crippen molar-refractivity contribution in [2.75, 3.05) is 45.9 Å². The van der Waals surface area contributed by atoms with Crippen LogP contribution in [0.15, 0.2) is 0 Å². The number of morpholine rings is 1. The van der Waals surface area contributed by atoms with Crippen LogP contribution in [0.3, 0.4) is 0 Å². The van der Waals surface area contributed by atoms with Crippen LogP contribution in [0.1, 0.15) is 59.3 Å². The summed E-state index contributed by atoms with van der Waals surface area (Å²) < 4.78 is 5.50. The molecule has 4 heteroatoms. The number of aliphatic hydroxyl groups excluding tert-OH is 1. The molecule has 1 aliphatic carbocycles. The highest BCUT2D eigenvalue weighted by molar-refractivity contribution is 4.89. The van der Waals surface area contributed by atoms with Gasteiger partial charge >= 0.3 is 0 Å². The van der Waals surface area contributed by atoms with E-state index in [1.165, 1.54) is 38.6 Å². The molecule has 0 spiro atoms. The SMILES string of the molecule is CC(O)CC(C)(C)CNCC1(CN2CCOCC2)CCCCC1. The molecule has 1 heterocycles. The highest BCUT2D eigenvalue weighted by atomic mass is 16.5. The van der Waals surface area contributed by atoms with Crippen LogP contribution in [-0.4, -0.2) is 62.0 Å². The quantitative estimate of drug-likeness (QED) is 0.720. The predicted octanol–water partition coefficient (Wildman–Crippen LogP) is 2.66. The average molecular weight is 327 g/mol. The zero-order valence-corrected chi connectivity index (χ0v) is 15.6. The summed E-state index contributed by atoms with van der Waals surface area (Å²) in [5, 5.41) is 13.4. The predicted molar refractivity (Wildman–Crippen MR) is 95.7 cm³/mol. The molecular formula is C19H38N2O2. The molecule has 1 atom stereocenters. The maximum absolute atomic E-state index is 9.66. The molecular weight excluding hydrogens is 288 g/mol. The van der Waals surface area contributed by atoms with Crippen LogP contribution in [0.25, 0.3) is 0 Å². The van der Waals surface area contributed by atoms with E-state index < -0.39 is 0 Å². The summed E-state index contributed by atoms with van der Waals surface area (Å²) in [6.07, 6.45) is 7.51. The van der Waals surface area contributed by atoms with Crippen molar-refractivity contribution in [1.29, 1.82) is 0 Å². The minimum atomic E-state index is -0.219. The monoisotopic (exact) mass is 326 g/mol. The van der Waals surface area contributed by atoms with Crippen LogP contribution in [-0.2, 0) is 4.74 Å². The number of hydrogen-bond acceptors (Lipinski definition) is 4. The summed E-state index contributed by atoms with van der Waals surface area (Å²) in [5.74, 6) is 0. The third-order valence-electron chi connectivity index (χ3n) is 5.53. The molecule has 0 aromatic rings. The van der Waals surface area contributed by atoms with Gasteiger partial charge in [-0.2, -0.15) is 0 Å². The van der Waals surface area contributed by atoms with Crippen molar-refractivity contribution in [3.05, 3.63) is 0 Å². The van der Waals surface area contributed by atoms with Crippen LogP contribution in [0.5, 0.6) is 0 Å². The van der Waals surface area contributed by atoms with Gasteiger partial charge in [-0.1, -0.05) is 33.1 Å². The summed E-state index contributed by atoms with van der Waals surface area (Å²) in [6.45, 7) is 13.7. The first-order valence-corrected chi connectivity index (χ1v) is 9.60. The number of nitrogens with zero attached hydrogens (tertiary/aromatic N) is 1. The van der Waals surface area contributed by atoms with Crippen molar-refractivity contribution in [2.24, 2.45) is 10.8 Å². The standard InChI is InChI=1S/C19H38N2O2/c1-17(22)13-18(2,3)14-20-15-19(7-5-4-6-8-19)16-21-9-11-23-12-10-21/h17,20,22H,4-16H2,1-3H3. The maximum Gasteiger partial charge on any atom is 0.0594 e. The van der Waals surface area contributed by atoms with Crippen molar-refractivity contribution in [2.45, 2.75) is 65.4 Å². The molecule has 2 N–H and O–H groups in total. The molecule has 1 unspecified atom stereocenters. The second-order valence-corrected chi connectivity index (χ2v) is 8.77. The normalized spacial score (nSPS) is 24.5. The van der Waals surface area contributed by atoms with Crippen LogP contribution in [0.2, 0.25) is 0 Å². The Morgan fingerprint density at radius 3 is 2.43 bits per heavy atom. The molecule has 0 bridgehead atoms. The lowest BCUT2D eigenvalue weighted by Gasteiger charge is -2.43. The Morgan fingerprint density at radius 2 is 1.83 bits per heavy atom. The average Bonchev–Trinajstić information content (AvgIpc) is 2.47. The lowest BCUT2D eigenvalue weighted by atomic mass is 9.73. The summed E-state index contributed by atoms with van der Waals surface area (Å²) in [7, 11) is 0. The van der Waals surface area contributed by atoms with Gasteiger partial charge in [0.05, 0.1) is 19.3 Å². The molecule has 2 rings (SSSR count). The summed E-state index contributed by atoms with van der Waals surface area (Å²) in [4.78, 5) is 2.61. The smallest absolute Gasteiger partial charge is 0.0594 e. The van der Waals surface area contributed by atoms with E-state index in [-0.39, 0.29) is 11.5 Å². The highest BCUT2D eigenvalue weighted by Crippen LogP contribution is 2.37. The molecule has 1 aliphatic heterocycles. The van der Waals surface area contributed by atoms with Gasteiger partial charge in [-0.25, -0.2) is 0 Å². The van der Waals surface area contributed by atoms with Crippen molar-refractivity contribution >= 4 is 0 Å². The van der Waals surface area contributed by atoms with Crippen LogP contribution in [0.4, 0.5) is 0 Å². The molecule has 136 valence electrons. The molecule has 2 fully saturated rings. The number of nitrogens with one attached hydrogen (secondary N) is 1. The van der Waals surface area contributed by atoms with Crippen LogP contribution >= 0.6 is 0 Å². The summed E-state index contributed by atoms with van der Waals surface area (Å²) >= 11 is 0. The Bertz CT molecular complexity index is 332. The molecule has 1 saturated carbocycles. The topological polar surface area (TPSA) is 44.7 Å². The Labute approximate surface area is 143 Å². The first-order chi connectivity index (χ1) is 10.9. The van der Waals surface area contributed by atoms with Gasteiger partial charge in [-0.3, -0.25) is 4.90 Å². The molecule has 2 aliphatic rings. The van der Waals surface area contributed by atoms with E-state index in [1.807, 2.05) is 6.92 Å². The van der Waals surface area contributed by atoms with Gasteiger partial charge in [0.2, 0.25) is 0 Å². The summed E-state index contributed by atoms with van der Waals surface area (Å²) in [5.41, 5.74) is 0.597. The van der Waals surface area contributed by atoms with Gasteiger partial charge in [0.15, 0.2) is 0 Å². The van der Waals surface area contributed by atoms with E-state index in [1.54, 1.807) is 0 Å². The number of rotatable bonds is 8. The van der Waals surface area contributed by atoms with E-state index >= 15 is 0 Å². The largest absolute Gasteiger partial charge is 0.393 e. The van der Waals surface area contributed by atoms with E-state index in [9.17, 15) is 5.11 Å². The van der Waals surface area contributed by atoms with Crippen LogP contribution in [0, 0.1) is 10.8 Å². The van der Waals surface area contributed by atoms with E-state index in [0.717, 1.165) is 45.8 Å². The minimum Gasteiger partial charge on any atom is -0.393 e. The molecule has 0 radical (unpaired) electrons. The lowest BCUT2D eigenvalue weighted by Crippen LogP contribution is -2.49. The van der Waals surface area contributed by atoms with E-state index in [4.69, 9.17) is 4.74 Å². The molecule has 1 saturated heterocycles. The van der Waals surface area contributed by atoms with E-state index in [0.29, 0.717) is 5.41 Å². The van der Waals surface area contributed by atoms with E-state index in [2.05, 4.69) is 24.1 Å². The van der Waals surface area contributed by atoms with Gasteiger partial charge in [0, 0.05) is 32.7 Å². The van der Waals surface area contributed by atoms with Crippen molar-refractivity contribution in [3.63, 3.8) is 0 Å². The zero-order valence-electron chi connectivity index (χ0n) is 15.6. The Morgan fingerprint density at radius 1 is 1.17 bits per heavy atom. The van der Waals surface area contributed by atoms with Gasteiger partial charge in [0.1, 0.15) is 0 Å². The second kappa shape index (κ2) is 8.80. The van der Waals surface area contributed by atoms with Gasteiger partial charge < -0.3 is 15.2 Å². The van der Waals surface area contributed by atoms with Crippen LogP contribution < -0.4 is 5.32 Å². The molecule has 4 nitrogen and oxygen atoms in total. The molecule has 0 aromatic heterocycles. The Hall–Kier alpha value is -0.160. The first-order valence-electron chi connectivity index (χ1n) is 9.60. The lowest BCUT2D eigenvalue weighted by molar-refractivity contribution is 0.00648. The van der Waals surface area contributed by atoms with Crippen molar-refractivity contribution < 1.29 is 9.84 Å². The number of aliphatic hydroxyl groups is 1. The Kier molecular flexibility index (Phi) is 7.33. The zero-order chi connectivity index (χ0) is 16.8. The fraction of sp³-hybridized carbons (Fsp3) is 1.00. The van der Waals surface area contributed by atoms with Gasteiger partial charge in [0.25, 0.3) is 0 Å². The third-order valence-corrected chi connectivity index (χ3v) is 5.53. The molecule has 0 aromatic carbocycles. The van der Waals surface area contributed by atoms with Crippen molar-refractivity contribution in [1.82, 2.24) is 10.2 Å². The summed E-state index contributed by atoms with van der Waals surface area (Å²) in [6, 6.07) is 0. The second-order valence-electron chi connectivity index (χ2n) is 8.77. The number of ether oxygens (including phenoxy) is 1. The minimum absolute atomic E-state index is 0.156. The molecule has 23 heavy (non-hydrogen) atoms. The maximum atomic E-state index is 9.66. The van der Waals surface area contributed by atoms with Crippen molar-refractivity contribution in [3.8, 4) is 0 Å². The number of hydrogen-bond donors (Lipinski definition) is 2. The van der Waals surface area contributed by atoms with Gasteiger partial charge in [-0.15, -0.1) is 0 Å². The highest BCUT2D eigenvalue weighted by Gasteiger charge is 2.34. The fourth-order valence-corrected chi connectivity index (χ4v) is 4.46. The molecule has 0 amide bonds. The van der Waals surface area contributed by atoms with Gasteiger partial charge in [-0.05, 0) is 37.0 Å². The third kappa shape index (κ3) is 6.69. The Balaban J connectivity index is 1.85. The fourth-order valence-electron chi connectivity index (χ4n) is 4.46. The first kappa shape index (κ1) is 19.2.